The van der Waals surface area contributed by atoms with Crippen molar-refractivity contribution in [2.45, 2.75) is 46.2 Å². The Balaban J connectivity index is 2.44. The molecule has 0 bridgehead atoms. The number of carbonyl (C=O) groups is 1. The maximum absolute atomic E-state index is 11.6. The Morgan fingerprint density at radius 1 is 1.41 bits per heavy atom. The largest absolute Gasteiger partial charge is 0.378 e. The minimum Gasteiger partial charge on any atom is -0.378 e. The Morgan fingerprint density at radius 3 is 2.59 bits per heavy atom. The van der Waals surface area contributed by atoms with Gasteiger partial charge in [0.2, 0.25) is 5.91 Å². The highest BCUT2D eigenvalue weighted by molar-refractivity contribution is 5.78. The van der Waals surface area contributed by atoms with E-state index in [2.05, 4.69) is 31.0 Å². The fraction of sp³-hybridized carbons (Fsp3) is 0.923. The molecule has 0 aromatic carbocycles. The fourth-order valence-electron chi connectivity index (χ4n) is 2.01. The first-order chi connectivity index (χ1) is 7.83. The van der Waals surface area contributed by atoms with Gasteiger partial charge in [-0.2, -0.15) is 0 Å². The van der Waals surface area contributed by atoms with E-state index in [4.69, 9.17) is 4.74 Å². The van der Waals surface area contributed by atoms with E-state index in [0.29, 0.717) is 0 Å². The fourth-order valence-corrected chi connectivity index (χ4v) is 2.01. The molecule has 0 aliphatic carbocycles. The molecule has 4 nitrogen and oxygen atoms in total. The molecule has 0 radical (unpaired) electrons. The molecule has 0 saturated carbocycles. The van der Waals surface area contributed by atoms with Crippen molar-refractivity contribution in [3.05, 3.63) is 0 Å². The Kier molecular flexibility index (Phi) is 4.95. The van der Waals surface area contributed by atoms with Gasteiger partial charge in [0.05, 0.1) is 13.2 Å². The van der Waals surface area contributed by atoms with Gasteiger partial charge >= 0.3 is 0 Å². The van der Waals surface area contributed by atoms with Crippen LogP contribution in [0.25, 0.3) is 0 Å². The van der Waals surface area contributed by atoms with Crippen LogP contribution >= 0.6 is 0 Å². The average molecular weight is 242 g/mol. The van der Waals surface area contributed by atoms with Crippen LogP contribution < -0.4 is 5.32 Å². The summed E-state index contributed by atoms with van der Waals surface area (Å²) in [6.45, 7) is 13.6. The van der Waals surface area contributed by atoms with Gasteiger partial charge in [-0.15, -0.1) is 0 Å². The SMILES string of the molecule is CC(C)C(=O)N[C@@H](C)CN1CCOCC1(C)C. The molecule has 0 aromatic heterocycles. The summed E-state index contributed by atoms with van der Waals surface area (Å²) in [5.74, 6) is 0.179. The molecular weight excluding hydrogens is 216 g/mol. The van der Waals surface area contributed by atoms with E-state index in [9.17, 15) is 4.79 Å². The van der Waals surface area contributed by atoms with Gasteiger partial charge in [0.1, 0.15) is 0 Å². The number of nitrogens with one attached hydrogen (secondary N) is 1. The van der Waals surface area contributed by atoms with Gasteiger partial charge in [-0.3, -0.25) is 9.69 Å². The lowest BCUT2D eigenvalue weighted by molar-refractivity contribution is -0.125. The number of hydrogen-bond acceptors (Lipinski definition) is 3. The average Bonchev–Trinajstić information content (AvgIpc) is 2.20. The van der Waals surface area contributed by atoms with Gasteiger partial charge in [0.25, 0.3) is 0 Å². The molecule has 1 N–H and O–H groups in total. The topological polar surface area (TPSA) is 41.6 Å². The molecule has 1 aliphatic heterocycles. The van der Waals surface area contributed by atoms with Crippen molar-refractivity contribution < 1.29 is 9.53 Å². The molecule has 0 aromatic rings. The lowest BCUT2D eigenvalue weighted by atomic mass is 10.0. The molecule has 1 fully saturated rings. The van der Waals surface area contributed by atoms with Crippen molar-refractivity contribution in [2.75, 3.05) is 26.3 Å². The van der Waals surface area contributed by atoms with E-state index in [1.807, 2.05) is 13.8 Å². The molecule has 1 saturated heterocycles. The van der Waals surface area contributed by atoms with E-state index in [0.717, 1.165) is 26.3 Å². The zero-order valence-corrected chi connectivity index (χ0v) is 11.7. The first-order valence-electron chi connectivity index (χ1n) is 6.46. The third-order valence-corrected chi connectivity index (χ3v) is 3.22. The Morgan fingerprint density at radius 2 is 2.06 bits per heavy atom. The van der Waals surface area contributed by atoms with Gasteiger partial charge in [0, 0.05) is 30.6 Å². The number of carbonyl (C=O) groups excluding carboxylic acids is 1. The normalized spacial score (nSPS) is 22.5. The van der Waals surface area contributed by atoms with Crippen molar-refractivity contribution in [1.82, 2.24) is 10.2 Å². The third-order valence-electron chi connectivity index (χ3n) is 3.22. The minimum atomic E-state index is 0.0511. The second-order valence-corrected chi connectivity index (χ2v) is 5.88. The van der Waals surface area contributed by atoms with Gasteiger partial charge < -0.3 is 10.1 Å². The second-order valence-electron chi connectivity index (χ2n) is 5.88. The number of nitrogens with zero attached hydrogens (tertiary/aromatic N) is 1. The minimum absolute atomic E-state index is 0.0511. The van der Waals surface area contributed by atoms with Crippen LogP contribution in [0.15, 0.2) is 0 Å². The zero-order chi connectivity index (χ0) is 13.1. The molecule has 0 spiro atoms. The van der Waals surface area contributed by atoms with Crippen molar-refractivity contribution in [3.8, 4) is 0 Å². The smallest absolute Gasteiger partial charge is 0.222 e. The van der Waals surface area contributed by atoms with E-state index in [1.54, 1.807) is 0 Å². The maximum Gasteiger partial charge on any atom is 0.222 e. The van der Waals surface area contributed by atoms with Crippen LogP contribution in [0.2, 0.25) is 0 Å². The summed E-state index contributed by atoms with van der Waals surface area (Å²) in [6, 6.07) is 0.183. The number of amides is 1. The lowest BCUT2D eigenvalue weighted by Gasteiger charge is -2.43. The van der Waals surface area contributed by atoms with Gasteiger partial charge in [0.15, 0.2) is 0 Å². The van der Waals surface area contributed by atoms with Crippen molar-refractivity contribution in [1.29, 1.82) is 0 Å². The lowest BCUT2D eigenvalue weighted by Crippen LogP contribution is -2.56. The summed E-state index contributed by atoms with van der Waals surface area (Å²) in [6.07, 6.45) is 0. The molecule has 100 valence electrons. The number of hydrogen-bond donors (Lipinski definition) is 1. The van der Waals surface area contributed by atoms with Gasteiger partial charge in [-0.25, -0.2) is 0 Å². The second kappa shape index (κ2) is 5.83. The molecule has 17 heavy (non-hydrogen) atoms. The number of ether oxygens (including phenoxy) is 1. The quantitative estimate of drug-likeness (QED) is 0.807. The summed E-state index contributed by atoms with van der Waals surface area (Å²) in [5.41, 5.74) is 0.0646. The molecular formula is C13H26N2O2. The zero-order valence-electron chi connectivity index (χ0n) is 11.7. The van der Waals surface area contributed by atoms with E-state index in [1.165, 1.54) is 0 Å². The van der Waals surface area contributed by atoms with E-state index in [-0.39, 0.29) is 23.4 Å². The summed E-state index contributed by atoms with van der Waals surface area (Å²) in [4.78, 5) is 14.0. The standard InChI is InChI=1S/C13H26N2O2/c1-10(2)12(16)14-11(3)8-15-6-7-17-9-13(15,4)5/h10-11H,6-9H2,1-5H3,(H,14,16)/t11-/m0/s1. The monoisotopic (exact) mass is 242 g/mol. The van der Waals surface area contributed by atoms with Gasteiger partial charge in [-0.1, -0.05) is 13.8 Å². The maximum atomic E-state index is 11.6. The number of morpholine rings is 1. The van der Waals surface area contributed by atoms with Crippen LogP contribution in [0.5, 0.6) is 0 Å². The van der Waals surface area contributed by atoms with Crippen molar-refractivity contribution in [3.63, 3.8) is 0 Å². The Hall–Kier alpha value is -0.610. The summed E-state index contributed by atoms with van der Waals surface area (Å²) >= 11 is 0. The van der Waals surface area contributed by atoms with Crippen LogP contribution in [0.3, 0.4) is 0 Å². The summed E-state index contributed by atoms with van der Waals surface area (Å²) in [5, 5.41) is 3.04. The van der Waals surface area contributed by atoms with E-state index >= 15 is 0 Å². The van der Waals surface area contributed by atoms with Crippen LogP contribution in [0.4, 0.5) is 0 Å². The molecule has 1 amide bonds. The first kappa shape index (κ1) is 14.5. The highest BCUT2D eigenvalue weighted by Crippen LogP contribution is 2.18. The highest BCUT2D eigenvalue weighted by Gasteiger charge is 2.31. The third kappa shape index (κ3) is 4.28. The van der Waals surface area contributed by atoms with Crippen LogP contribution in [0.1, 0.15) is 34.6 Å². The van der Waals surface area contributed by atoms with Crippen LogP contribution in [-0.2, 0) is 9.53 Å². The van der Waals surface area contributed by atoms with Crippen molar-refractivity contribution >= 4 is 5.91 Å². The molecule has 1 atom stereocenters. The van der Waals surface area contributed by atoms with E-state index < -0.39 is 0 Å². The molecule has 1 aliphatic rings. The molecule has 0 unspecified atom stereocenters. The highest BCUT2D eigenvalue weighted by atomic mass is 16.5. The molecule has 4 heteroatoms. The predicted molar refractivity (Wildman–Crippen MR) is 68.9 cm³/mol. The first-order valence-corrected chi connectivity index (χ1v) is 6.46. The number of rotatable bonds is 4. The van der Waals surface area contributed by atoms with Crippen LogP contribution in [-0.4, -0.2) is 48.7 Å². The summed E-state index contributed by atoms with van der Waals surface area (Å²) in [7, 11) is 0. The van der Waals surface area contributed by atoms with Crippen LogP contribution in [0, 0.1) is 5.92 Å². The molecule has 1 rings (SSSR count). The Bertz CT molecular complexity index is 264. The van der Waals surface area contributed by atoms with Crippen molar-refractivity contribution in [2.24, 2.45) is 5.92 Å². The Labute approximate surface area is 105 Å². The summed E-state index contributed by atoms with van der Waals surface area (Å²) < 4.78 is 5.49. The molecule has 1 heterocycles. The predicted octanol–water partition coefficient (Wildman–Crippen LogP) is 1.26. The van der Waals surface area contributed by atoms with Gasteiger partial charge in [-0.05, 0) is 20.8 Å².